The van der Waals surface area contributed by atoms with E-state index >= 15 is 0 Å². The van der Waals surface area contributed by atoms with Crippen LogP contribution in [0.25, 0.3) is 0 Å². The third-order valence-corrected chi connectivity index (χ3v) is 5.45. The van der Waals surface area contributed by atoms with Crippen molar-refractivity contribution >= 4 is 22.0 Å². The lowest BCUT2D eigenvalue weighted by atomic mass is 10.1. The van der Waals surface area contributed by atoms with Crippen molar-refractivity contribution in [2.75, 3.05) is 32.8 Å². The van der Waals surface area contributed by atoms with Crippen LogP contribution in [0.5, 0.6) is 5.75 Å². The van der Waals surface area contributed by atoms with Crippen LogP contribution in [-0.2, 0) is 4.74 Å². The lowest BCUT2D eigenvalue weighted by Crippen LogP contribution is -2.60. The monoisotopic (exact) mass is 480 g/mol. The molecule has 1 atom stereocenters. The van der Waals surface area contributed by atoms with E-state index in [1.165, 1.54) is 4.90 Å². The van der Waals surface area contributed by atoms with E-state index in [-0.39, 0.29) is 19.6 Å². The van der Waals surface area contributed by atoms with Crippen molar-refractivity contribution in [3.8, 4) is 5.75 Å². The van der Waals surface area contributed by atoms with Crippen molar-refractivity contribution in [1.82, 2.24) is 9.80 Å². The number of piperazine rings is 1. The molecule has 164 valence electrons. The Bertz CT molecular complexity index is 707. The summed E-state index contributed by atoms with van der Waals surface area (Å²) in [5, 5.41) is 0. The van der Waals surface area contributed by atoms with Gasteiger partial charge in [0.05, 0.1) is 6.61 Å². The molecule has 1 saturated heterocycles. The summed E-state index contributed by atoms with van der Waals surface area (Å²) in [7, 11) is 0. The molecule has 0 aromatic heterocycles. The Morgan fingerprint density at radius 1 is 1.24 bits per heavy atom. The second kappa shape index (κ2) is 9.55. The van der Waals surface area contributed by atoms with E-state index in [1.54, 1.807) is 20.8 Å². The lowest BCUT2D eigenvalue weighted by Gasteiger charge is -2.42. The van der Waals surface area contributed by atoms with Crippen molar-refractivity contribution in [3.63, 3.8) is 0 Å². The average molecular weight is 481 g/mol. The number of nitrogens with zero attached hydrogens (tertiary/aromatic N) is 2. The number of amides is 1. The van der Waals surface area contributed by atoms with Gasteiger partial charge < -0.3 is 14.4 Å². The molecular formula is C20H28BrF3N2O3. The number of hydrogen-bond donors (Lipinski definition) is 0. The van der Waals surface area contributed by atoms with Gasteiger partial charge in [-0.15, -0.1) is 0 Å². The summed E-state index contributed by atoms with van der Waals surface area (Å²) < 4.78 is 52.6. The molecule has 0 N–H and O–H groups in total. The Hall–Kier alpha value is -1.48. The standard InChI is InChI=1S/C20H28BrF3N2O3/c1-14-15(21)7-5-8-16(14)28-12-6-9-25-10-11-26(13-17(25)20(22,23)24)18(27)29-19(2,3)4/h5,7-8,17H,6,9-13H2,1-4H3. The second-order valence-corrected chi connectivity index (χ2v) is 8.94. The van der Waals surface area contributed by atoms with Crippen molar-refractivity contribution in [2.45, 2.75) is 51.9 Å². The van der Waals surface area contributed by atoms with Gasteiger partial charge in [-0.1, -0.05) is 22.0 Å². The second-order valence-electron chi connectivity index (χ2n) is 8.08. The van der Waals surface area contributed by atoms with Gasteiger partial charge in [-0.05, 0) is 46.2 Å². The van der Waals surface area contributed by atoms with Gasteiger partial charge >= 0.3 is 12.3 Å². The quantitative estimate of drug-likeness (QED) is 0.555. The van der Waals surface area contributed by atoms with Gasteiger partial charge in [-0.2, -0.15) is 13.2 Å². The highest BCUT2D eigenvalue weighted by Crippen LogP contribution is 2.29. The fourth-order valence-corrected chi connectivity index (χ4v) is 3.43. The van der Waals surface area contributed by atoms with E-state index in [9.17, 15) is 18.0 Å². The van der Waals surface area contributed by atoms with Crippen molar-refractivity contribution in [2.24, 2.45) is 0 Å². The van der Waals surface area contributed by atoms with Gasteiger partial charge in [0, 0.05) is 36.2 Å². The first kappa shape index (κ1) is 23.8. The Morgan fingerprint density at radius 2 is 1.93 bits per heavy atom. The van der Waals surface area contributed by atoms with Crippen molar-refractivity contribution in [1.29, 1.82) is 0 Å². The number of ether oxygens (including phenoxy) is 2. The number of rotatable bonds is 5. The first-order valence-corrected chi connectivity index (χ1v) is 10.3. The molecule has 9 heteroatoms. The maximum Gasteiger partial charge on any atom is 0.410 e. The van der Waals surface area contributed by atoms with E-state index in [4.69, 9.17) is 9.47 Å². The molecule has 1 fully saturated rings. The van der Waals surface area contributed by atoms with Crippen LogP contribution < -0.4 is 4.74 Å². The molecule has 1 aliphatic rings. The van der Waals surface area contributed by atoms with Crippen LogP contribution in [0, 0.1) is 6.92 Å². The zero-order chi connectivity index (χ0) is 21.8. The predicted molar refractivity (Wildman–Crippen MR) is 108 cm³/mol. The summed E-state index contributed by atoms with van der Waals surface area (Å²) in [4.78, 5) is 14.7. The zero-order valence-electron chi connectivity index (χ0n) is 17.2. The molecule has 29 heavy (non-hydrogen) atoms. The molecule has 0 aliphatic carbocycles. The fraction of sp³-hybridized carbons (Fsp3) is 0.650. The maximum absolute atomic E-state index is 13.6. The number of carbonyl (C=O) groups is 1. The summed E-state index contributed by atoms with van der Waals surface area (Å²) in [6, 6.07) is 3.87. The fourth-order valence-electron chi connectivity index (χ4n) is 3.08. The predicted octanol–water partition coefficient (Wildman–Crippen LogP) is 5.01. The van der Waals surface area contributed by atoms with E-state index in [2.05, 4.69) is 15.9 Å². The highest BCUT2D eigenvalue weighted by molar-refractivity contribution is 9.10. The molecular weight excluding hydrogens is 453 g/mol. The minimum Gasteiger partial charge on any atom is -0.493 e. The summed E-state index contributed by atoms with van der Waals surface area (Å²) in [5.74, 6) is 0.710. The Morgan fingerprint density at radius 3 is 2.55 bits per heavy atom. The first-order valence-electron chi connectivity index (χ1n) is 9.55. The Balaban J connectivity index is 1.91. The normalized spacial score (nSPS) is 18.6. The van der Waals surface area contributed by atoms with Gasteiger partial charge in [0.25, 0.3) is 0 Å². The average Bonchev–Trinajstić information content (AvgIpc) is 2.59. The van der Waals surface area contributed by atoms with Gasteiger partial charge in [-0.25, -0.2) is 4.79 Å². The molecule has 2 rings (SSSR count). The Kier molecular flexibility index (Phi) is 7.84. The lowest BCUT2D eigenvalue weighted by molar-refractivity contribution is -0.195. The topological polar surface area (TPSA) is 42.0 Å². The number of hydrogen-bond acceptors (Lipinski definition) is 4. The molecule has 1 heterocycles. The smallest absolute Gasteiger partial charge is 0.410 e. The number of halogens is 4. The van der Waals surface area contributed by atoms with Gasteiger partial charge in [-0.3, -0.25) is 4.90 Å². The summed E-state index contributed by atoms with van der Waals surface area (Å²) in [6.45, 7) is 7.44. The minimum absolute atomic E-state index is 0.138. The maximum atomic E-state index is 13.6. The van der Waals surface area contributed by atoms with E-state index < -0.39 is 30.5 Å². The highest BCUT2D eigenvalue weighted by atomic mass is 79.9. The van der Waals surface area contributed by atoms with Gasteiger partial charge in [0.15, 0.2) is 0 Å². The number of carbonyl (C=O) groups excluding carboxylic acids is 1. The van der Waals surface area contributed by atoms with Crippen LogP contribution in [0.3, 0.4) is 0 Å². The van der Waals surface area contributed by atoms with E-state index in [0.717, 1.165) is 14.9 Å². The number of alkyl halides is 3. The first-order chi connectivity index (χ1) is 13.4. The number of benzene rings is 1. The SMILES string of the molecule is Cc1c(Br)cccc1OCCCN1CCN(C(=O)OC(C)(C)C)CC1C(F)(F)F. The van der Waals surface area contributed by atoms with Crippen LogP contribution >= 0.6 is 15.9 Å². The molecule has 1 amide bonds. The molecule has 0 radical (unpaired) electrons. The molecule has 0 saturated carbocycles. The summed E-state index contributed by atoms with van der Waals surface area (Å²) in [5.41, 5.74) is 0.204. The van der Waals surface area contributed by atoms with Crippen molar-refractivity contribution in [3.05, 3.63) is 28.2 Å². The molecule has 1 aromatic rings. The molecule has 1 aliphatic heterocycles. The largest absolute Gasteiger partial charge is 0.493 e. The van der Waals surface area contributed by atoms with E-state index in [0.29, 0.717) is 18.8 Å². The van der Waals surface area contributed by atoms with Crippen LogP contribution in [0.4, 0.5) is 18.0 Å². The Labute approximate surface area is 178 Å². The third kappa shape index (κ3) is 7.06. The van der Waals surface area contributed by atoms with Crippen LogP contribution in [0.2, 0.25) is 0 Å². The summed E-state index contributed by atoms with van der Waals surface area (Å²) >= 11 is 3.43. The van der Waals surface area contributed by atoms with Crippen LogP contribution in [0.15, 0.2) is 22.7 Å². The van der Waals surface area contributed by atoms with Crippen molar-refractivity contribution < 1.29 is 27.4 Å². The zero-order valence-corrected chi connectivity index (χ0v) is 18.8. The molecule has 1 aromatic carbocycles. The molecule has 0 bridgehead atoms. The third-order valence-electron chi connectivity index (χ3n) is 4.59. The molecule has 5 nitrogen and oxygen atoms in total. The van der Waals surface area contributed by atoms with Crippen LogP contribution in [-0.4, -0.2) is 66.5 Å². The minimum atomic E-state index is -4.43. The van der Waals surface area contributed by atoms with Crippen LogP contribution in [0.1, 0.15) is 32.8 Å². The molecule has 0 spiro atoms. The summed E-state index contributed by atoms with van der Waals surface area (Å²) in [6.07, 6.45) is -4.69. The highest BCUT2D eigenvalue weighted by Gasteiger charge is 2.47. The van der Waals surface area contributed by atoms with E-state index in [1.807, 2.05) is 25.1 Å². The van der Waals surface area contributed by atoms with Gasteiger partial charge in [0.2, 0.25) is 0 Å². The van der Waals surface area contributed by atoms with Gasteiger partial charge in [0.1, 0.15) is 17.4 Å². The molecule has 1 unspecified atom stereocenters.